The second-order valence-corrected chi connectivity index (χ2v) is 6.07. The first-order valence-corrected chi connectivity index (χ1v) is 8.22. The quantitative estimate of drug-likeness (QED) is 0.720. The van der Waals surface area contributed by atoms with Gasteiger partial charge in [-0.05, 0) is 19.1 Å². The summed E-state index contributed by atoms with van der Waals surface area (Å²) in [5.74, 6) is 1.69. The lowest BCUT2D eigenvalue weighted by molar-refractivity contribution is -0.141. The van der Waals surface area contributed by atoms with E-state index in [1.807, 2.05) is 35.8 Å². The number of fused-ring (bicyclic) bond motifs is 1. The van der Waals surface area contributed by atoms with Crippen LogP contribution in [0.5, 0.6) is 0 Å². The van der Waals surface area contributed by atoms with Gasteiger partial charge < -0.3 is 18.6 Å². The summed E-state index contributed by atoms with van der Waals surface area (Å²) in [6.45, 7) is 5.21. The molecule has 1 saturated heterocycles. The summed E-state index contributed by atoms with van der Waals surface area (Å²) >= 11 is 0. The predicted octanol–water partition coefficient (Wildman–Crippen LogP) is 1.64. The van der Waals surface area contributed by atoms with Crippen molar-refractivity contribution < 1.29 is 13.9 Å². The monoisotopic (exact) mass is 341 g/mol. The molecule has 1 aromatic carbocycles. The van der Waals surface area contributed by atoms with Crippen LogP contribution in [0.25, 0.3) is 11.0 Å². The number of hydrogen-bond donors (Lipinski definition) is 0. The molecule has 1 amide bonds. The maximum Gasteiger partial charge on any atom is 0.243 e. The molecule has 0 bridgehead atoms. The minimum absolute atomic E-state index is 0.0181. The fourth-order valence-corrected chi connectivity index (χ4v) is 3.17. The largest absolute Gasteiger partial charge is 0.423 e. The zero-order chi connectivity index (χ0) is 17.4. The number of hydrogen-bond acceptors (Lipinski definition) is 6. The van der Waals surface area contributed by atoms with Crippen molar-refractivity contribution in [3.8, 4) is 0 Å². The second-order valence-electron chi connectivity index (χ2n) is 6.07. The van der Waals surface area contributed by atoms with Crippen molar-refractivity contribution in [3.63, 3.8) is 0 Å². The van der Waals surface area contributed by atoms with Crippen molar-refractivity contribution in [3.05, 3.63) is 41.9 Å². The number of morpholine rings is 1. The van der Waals surface area contributed by atoms with Crippen LogP contribution in [0, 0.1) is 13.8 Å². The molecule has 130 valence electrons. The van der Waals surface area contributed by atoms with Gasteiger partial charge in [0.15, 0.2) is 0 Å². The molecule has 0 N–H and O–H groups in total. The van der Waals surface area contributed by atoms with Crippen LogP contribution >= 0.6 is 0 Å². The highest BCUT2D eigenvalue weighted by atomic mass is 16.5. The number of rotatable bonds is 3. The maximum absolute atomic E-state index is 13.0. The van der Waals surface area contributed by atoms with E-state index in [9.17, 15) is 4.79 Å². The summed E-state index contributed by atoms with van der Waals surface area (Å²) in [7, 11) is 0. The second kappa shape index (κ2) is 6.29. The summed E-state index contributed by atoms with van der Waals surface area (Å²) in [5.41, 5.74) is 1.84. The molecule has 1 unspecified atom stereocenters. The molecule has 0 radical (unpaired) electrons. The Morgan fingerprint density at radius 3 is 2.92 bits per heavy atom. The van der Waals surface area contributed by atoms with Gasteiger partial charge >= 0.3 is 0 Å². The molecule has 1 atom stereocenters. The number of amides is 1. The van der Waals surface area contributed by atoms with Crippen LogP contribution in [0.15, 0.2) is 28.7 Å². The van der Waals surface area contributed by atoms with Gasteiger partial charge in [0, 0.05) is 13.5 Å². The maximum atomic E-state index is 13.0. The number of para-hydroxylation sites is 2. The van der Waals surface area contributed by atoms with Gasteiger partial charge in [-0.25, -0.2) is 4.98 Å². The molecule has 0 aliphatic carbocycles. The number of carbonyl (C=O) groups excluding carboxylic acids is 1. The Morgan fingerprint density at radius 2 is 2.12 bits per heavy atom. The Bertz CT molecular complexity index is 916. The van der Waals surface area contributed by atoms with Gasteiger partial charge in [0.05, 0.1) is 24.2 Å². The molecule has 3 aromatic rings. The van der Waals surface area contributed by atoms with Crippen LogP contribution in [0.1, 0.15) is 23.6 Å². The van der Waals surface area contributed by atoms with Gasteiger partial charge in [-0.15, -0.1) is 10.2 Å². The number of carbonyl (C=O) groups is 1. The van der Waals surface area contributed by atoms with Crippen molar-refractivity contribution in [1.29, 1.82) is 0 Å². The number of nitrogens with zero attached hydrogens (tertiary/aromatic N) is 5. The van der Waals surface area contributed by atoms with E-state index < -0.39 is 0 Å². The summed E-state index contributed by atoms with van der Waals surface area (Å²) in [5, 5.41) is 7.92. The first-order valence-electron chi connectivity index (χ1n) is 8.22. The van der Waals surface area contributed by atoms with Gasteiger partial charge in [-0.1, -0.05) is 12.1 Å². The lowest BCUT2D eigenvalue weighted by Gasteiger charge is -2.33. The Morgan fingerprint density at radius 1 is 1.28 bits per heavy atom. The molecule has 1 fully saturated rings. The highest BCUT2D eigenvalue weighted by molar-refractivity contribution is 5.81. The number of ether oxygens (including phenoxy) is 1. The van der Waals surface area contributed by atoms with Crippen LogP contribution in [-0.4, -0.2) is 50.3 Å². The molecule has 1 aliphatic rings. The topological polar surface area (TPSA) is 86.3 Å². The first-order chi connectivity index (χ1) is 12.1. The molecular weight excluding hydrogens is 322 g/mol. The third kappa shape index (κ3) is 2.89. The van der Waals surface area contributed by atoms with Crippen LogP contribution in [0.2, 0.25) is 0 Å². The molecule has 0 spiro atoms. The zero-order valence-electron chi connectivity index (χ0n) is 14.2. The van der Waals surface area contributed by atoms with E-state index in [1.54, 1.807) is 11.8 Å². The van der Waals surface area contributed by atoms with Gasteiger partial charge in [-0.3, -0.25) is 4.79 Å². The number of aryl methyl sites for hydroxylation is 2. The van der Waals surface area contributed by atoms with E-state index >= 15 is 0 Å². The molecule has 1 aliphatic heterocycles. The van der Waals surface area contributed by atoms with Crippen molar-refractivity contribution >= 4 is 16.9 Å². The van der Waals surface area contributed by atoms with Crippen molar-refractivity contribution in [2.24, 2.45) is 0 Å². The van der Waals surface area contributed by atoms with Crippen LogP contribution in [0.4, 0.5) is 0 Å². The third-order valence-corrected chi connectivity index (χ3v) is 4.41. The molecular formula is C17H19N5O3. The molecule has 8 heteroatoms. The Balaban J connectivity index is 1.61. The molecule has 4 rings (SSSR count). The summed E-state index contributed by atoms with van der Waals surface area (Å²) in [6.07, 6.45) is 0. The van der Waals surface area contributed by atoms with Gasteiger partial charge in [-0.2, -0.15) is 0 Å². The minimum atomic E-state index is -0.349. The lowest BCUT2D eigenvalue weighted by Crippen LogP contribution is -2.45. The molecule has 8 nitrogen and oxygen atoms in total. The Kier molecular flexibility index (Phi) is 3.96. The van der Waals surface area contributed by atoms with E-state index in [2.05, 4.69) is 15.2 Å². The summed E-state index contributed by atoms with van der Waals surface area (Å²) < 4.78 is 13.0. The number of benzene rings is 1. The zero-order valence-corrected chi connectivity index (χ0v) is 14.2. The van der Waals surface area contributed by atoms with Crippen molar-refractivity contribution in [2.75, 3.05) is 19.8 Å². The molecule has 0 saturated carbocycles. The van der Waals surface area contributed by atoms with E-state index in [4.69, 9.17) is 9.15 Å². The van der Waals surface area contributed by atoms with Gasteiger partial charge in [0.25, 0.3) is 0 Å². The summed E-state index contributed by atoms with van der Waals surface area (Å²) in [4.78, 5) is 19.3. The Labute approximate surface area is 144 Å². The average molecular weight is 341 g/mol. The van der Waals surface area contributed by atoms with Crippen LogP contribution < -0.4 is 0 Å². The predicted molar refractivity (Wildman–Crippen MR) is 88.8 cm³/mol. The number of imidazole rings is 1. The summed E-state index contributed by atoms with van der Waals surface area (Å²) in [6, 6.07) is 7.46. The molecule has 25 heavy (non-hydrogen) atoms. The number of aromatic nitrogens is 4. The van der Waals surface area contributed by atoms with E-state index in [0.29, 0.717) is 31.5 Å². The highest BCUT2D eigenvalue weighted by Crippen LogP contribution is 2.24. The normalized spacial score (nSPS) is 18.0. The third-order valence-electron chi connectivity index (χ3n) is 4.41. The van der Waals surface area contributed by atoms with E-state index in [1.165, 1.54) is 0 Å². The standard InChI is InChI=1S/C17H19N5O3/c1-11-18-13-5-3-4-6-14(13)22(11)9-16(23)21-7-8-24-10-15(21)17-20-19-12(2)25-17/h3-6,15H,7-10H2,1-2H3. The molecule has 3 heterocycles. The fourth-order valence-electron chi connectivity index (χ4n) is 3.17. The van der Waals surface area contributed by atoms with Crippen LogP contribution in [-0.2, 0) is 16.1 Å². The van der Waals surface area contributed by atoms with E-state index in [0.717, 1.165) is 16.9 Å². The van der Waals surface area contributed by atoms with Gasteiger partial charge in [0.1, 0.15) is 18.4 Å². The van der Waals surface area contributed by atoms with E-state index in [-0.39, 0.29) is 18.5 Å². The first kappa shape index (κ1) is 15.8. The van der Waals surface area contributed by atoms with Crippen molar-refractivity contribution in [1.82, 2.24) is 24.6 Å². The highest BCUT2D eigenvalue weighted by Gasteiger charge is 2.32. The smallest absolute Gasteiger partial charge is 0.243 e. The van der Waals surface area contributed by atoms with Crippen LogP contribution in [0.3, 0.4) is 0 Å². The Hall–Kier alpha value is -2.74. The fraction of sp³-hybridized carbons (Fsp3) is 0.412. The minimum Gasteiger partial charge on any atom is -0.423 e. The average Bonchev–Trinajstić information content (AvgIpc) is 3.19. The van der Waals surface area contributed by atoms with Gasteiger partial charge in [0.2, 0.25) is 17.7 Å². The van der Waals surface area contributed by atoms with Crippen molar-refractivity contribution in [2.45, 2.75) is 26.4 Å². The lowest BCUT2D eigenvalue weighted by atomic mass is 10.2. The molecule has 2 aromatic heterocycles. The SMILES string of the molecule is Cc1nnc(C2COCCN2C(=O)Cn2c(C)nc3ccccc32)o1.